The minimum Gasteiger partial charge on any atom is -0.495 e. The molecule has 0 aliphatic carbocycles. The molecule has 36 heavy (non-hydrogen) atoms. The van der Waals surface area contributed by atoms with Crippen LogP contribution in [0.1, 0.15) is 30.5 Å². The fourth-order valence-corrected chi connectivity index (χ4v) is 4.81. The second-order valence-electron chi connectivity index (χ2n) is 8.27. The molecule has 1 saturated heterocycles. The van der Waals surface area contributed by atoms with Gasteiger partial charge in [-0.25, -0.2) is 0 Å². The number of methoxy groups -OCH3 is 1. The summed E-state index contributed by atoms with van der Waals surface area (Å²) in [6.07, 6.45) is 1.75. The van der Waals surface area contributed by atoms with Crippen molar-refractivity contribution in [1.29, 1.82) is 0 Å². The van der Waals surface area contributed by atoms with E-state index < -0.39 is 0 Å². The Labute approximate surface area is 219 Å². The molecule has 2 aromatic heterocycles. The lowest BCUT2D eigenvalue weighted by molar-refractivity contribution is -0.114. The Bertz CT molecular complexity index is 1410. The van der Waals surface area contributed by atoms with E-state index in [0.717, 1.165) is 16.9 Å². The third-order valence-corrected chi connectivity index (χ3v) is 6.48. The highest BCUT2D eigenvalue weighted by molar-refractivity contribution is 7.80. The number of nitrogens with one attached hydrogen (secondary N) is 2. The predicted octanol–water partition coefficient (Wildman–Crippen LogP) is 6.14. The van der Waals surface area contributed by atoms with E-state index in [0.29, 0.717) is 33.1 Å². The van der Waals surface area contributed by atoms with Crippen LogP contribution in [0, 0.1) is 0 Å². The maximum absolute atomic E-state index is 11.8. The lowest BCUT2D eigenvalue weighted by Crippen LogP contribution is -2.29. The van der Waals surface area contributed by atoms with Crippen molar-refractivity contribution in [1.82, 2.24) is 10.3 Å². The number of furan rings is 1. The Kier molecular flexibility index (Phi) is 6.63. The highest BCUT2D eigenvalue weighted by Crippen LogP contribution is 2.44. The van der Waals surface area contributed by atoms with Gasteiger partial charge in [0, 0.05) is 29.4 Å². The summed E-state index contributed by atoms with van der Waals surface area (Å²) in [7, 11) is 1.56. The molecule has 1 amide bonds. The number of ether oxygens (including phenoxy) is 1. The fourth-order valence-electron chi connectivity index (χ4n) is 4.34. The third kappa shape index (κ3) is 4.65. The van der Waals surface area contributed by atoms with Crippen LogP contribution in [-0.2, 0) is 4.79 Å². The first-order chi connectivity index (χ1) is 17.4. The summed E-state index contributed by atoms with van der Waals surface area (Å²) in [6, 6.07) is 22.1. The molecule has 2 atom stereocenters. The number of aromatic nitrogens is 1. The Morgan fingerprint density at radius 3 is 2.64 bits per heavy atom. The first kappa shape index (κ1) is 23.8. The molecular formula is C27H23ClN4O3S. The number of rotatable bonds is 6. The average molecular weight is 519 g/mol. The van der Waals surface area contributed by atoms with E-state index in [4.69, 9.17) is 33.0 Å². The van der Waals surface area contributed by atoms with Gasteiger partial charge in [-0.3, -0.25) is 9.78 Å². The Balaban J connectivity index is 1.60. The van der Waals surface area contributed by atoms with Gasteiger partial charge in [-0.1, -0.05) is 17.7 Å². The van der Waals surface area contributed by atoms with E-state index in [1.165, 1.54) is 6.92 Å². The first-order valence-corrected chi connectivity index (χ1v) is 12.0. The van der Waals surface area contributed by atoms with Crippen molar-refractivity contribution < 1.29 is 13.9 Å². The molecule has 1 fully saturated rings. The van der Waals surface area contributed by atoms with Crippen LogP contribution in [-0.4, -0.2) is 23.1 Å². The zero-order valence-corrected chi connectivity index (χ0v) is 21.1. The zero-order valence-electron chi connectivity index (χ0n) is 19.6. The molecule has 7 nitrogen and oxygen atoms in total. The fraction of sp³-hybridized carbons (Fsp3) is 0.148. The minimum absolute atomic E-state index is 0.200. The molecule has 9 heteroatoms. The van der Waals surface area contributed by atoms with Gasteiger partial charge in [0.2, 0.25) is 5.91 Å². The molecule has 2 N–H and O–H groups in total. The van der Waals surface area contributed by atoms with Gasteiger partial charge < -0.3 is 24.7 Å². The topological polar surface area (TPSA) is 79.6 Å². The van der Waals surface area contributed by atoms with Crippen molar-refractivity contribution in [3.8, 4) is 17.1 Å². The number of benzene rings is 2. The third-order valence-electron chi connectivity index (χ3n) is 5.92. The molecule has 1 aliphatic heterocycles. The number of amides is 1. The van der Waals surface area contributed by atoms with Gasteiger partial charge in [-0.2, -0.15) is 0 Å². The molecule has 0 spiro atoms. The number of anilines is 2. The average Bonchev–Trinajstić information content (AvgIpc) is 3.49. The summed E-state index contributed by atoms with van der Waals surface area (Å²) in [5, 5.41) is 7.41. The number of thiocarbonyl (C=S) groups is 1. The number of pyridine rings is 1. The largest absolute Gasteiger partial charge is 0.495 e. The highest BCUT2D eigenvalue weighted by atomic mass is 35.5. The SMILES string of the molecule is COc1ccc(N2C(=S)N[C@@H](c3ccccn3)[C@H]2c2ccc(-c3ccc(Cl)cc3)o2)cc1NC(C)=O. The molecule has 182 valence electrons. The first-order valence-electron chi connectivity index (χ1n) is 11.3. The molecule has 0 saturated carbocycles. The Hall–Kier alpha value is -3.88. The minimum atomic E-state index is -0.341. The molecule has 0 radical (unpaired) electrons. The monoisotopic (exact) mass is 518 g/mol. The summed E-state index contributed by atoms with van der Waals surface area (Å²) < 4.78 is 11.8. The summed E-state index contributed by atoms with van der Waals surface area (Å²) in [6.45, 7) is 1.45. The van der Waals surface area contributed by atoms with Crippen LogP contribution >= 0.6 is 23.8 Å². The van der Waals surface area contributed by atoms with Crippen molar-refractivity contribution >= 4 is 46.2 Å². The van der Waals surface area contributed by atoms with E-state index in [9.17, 15) is 4.79 Å². The Morgan fingerprint density at radius 2 is 1.94 bits per heavy atom. The van der Waals surface area contributed by atoms with Crippen molar-refractivity contribution in [2.75, 3.05) is 17.3 Å². The molecule has 0 unspecified atom stereocenters. The second kappa shape index (κ2) is 10.0. The van der Waals surface area contributed by atoms with Crippen LogP contribution in [0.15, 0.2) is 83.4 Å². The summed E-state index contributed by atoms with van der Waals surface area (Å²) in [5.74, 6) is 1.77. The van der Waals surface area contributed by atoms with Gasteiger partial charge in [0.25, 0.3) is 0 Å². The number of hydrogen-bond donors (Lipinski definition) is 2. The molecular weight excluding hydrogens is 496 g/mol. The second-order valence-corrected chi connectivity index (χ2v) is 9.09. The van der Waals surface area contributed by atoms with Crippen LogP contribution in [0.5, 0.6) is 5.75 Å². The van der Waals surface area contributed by atoms with Crippen molar-refractivity contribution in [3.05, 3.63) is 95.5 Å². The number of carbonyl (C=O) groups is 1. The van der Waals surface area contributed by atoms with Gasteiger partial charge in [0.1, 0.15) is 23.3 Å². The van der Waals surface area contributed by atoms with E-state index in [1.54, 1.807) is 19.4 Å². The molecule has 4 aromatic rings. The van der Waals surface area contributed by atoms with Crippen molar-refractivity contribution in [2.24, 2.45) is 0 Å². The van der Waals surface area contributed by atoms with Crippen molar-refractivity contribution in [3.63, 3.8) is 0 Å². The maximum atomic E-state index is 11.8. The molecule has 5 rings (SSSR count). The van der Waals surface area contributed by atoms with Gasteiger partial charge >= 0.3 is 0 Å². The van der Waals surface area contributed by atoms with Gasteiger partial charge in [-0.15, -0.1) is 0 Å². The smallest absolute Gasteiger partial charge is 0.221 e. The van der Waals surface area contributed by atoms with Gasteiger partial charge in [-0.05, 0) is 78.9 Å². The van der Waals surface area contributed by atoms with E-state index in [1.807, 2.05) is 71.6 Å². The number of halogens is 1. The zero-order chi connectivity index (χ0) is 25.2. The molecule has 1 aliphatic rings. The number of hydrogen-bond acceptors (Lipinski definition) is 5. The molecule has 3 heterocycles. The molecule has 2 aromatic carbocycles. The van der Waals surface area contributed by atoms with E-state index in [2.05, 4.69) is 15.6 Å². The van der Waals surface area contributed by atoms with Crippen LogP contribution in [0.4, 0.5) is 11.4 Å². The number of nitrogens with zero attached hydrogens (tertiary/aromatic N) is 2. The van der Waals surface area contributed by atoms with Crippen LogP contribution in [0.3, 0.4) is 0 Å². The van der Waals surface area contributed by atoms with Crippen molar-refractivity contribution in [2.45, 2.75) is 19.0 Å². The normalized spacial score (nSPS) is 17.1. The quantitative estimate of drug-likeness (QED) is 0.297. The summed E-state index contributed by atoms with van der Waals surface area (Å²) in [4.78, 5) is 18.4. The van der Waals surface area contributed by atoms with Crippen LogP contribution in [0.25, 0.3) is 11.3 Å². The van der Waals surface area contributed by atoms with Gasteiger partial charge in [0.05, 0.1) is 24.5 Å². The molecule has 0 bridgehead atoms. The van der Waals surface area contributed by atoms with E-state index in [-0.39, 0.29) is 18.0 Å². The lowest BCUT2D eigenvalue weighted by atomic mass is 10.0. The summed E-state index contributed by atoms with van der Waals surface area (Å²) in [5.41, 5.74) is 3.06. The highest BCUT2D eigenvalue weighted by Gasteiger charge is 2.42. The lowest BCUT2D eigenvalue weighted by Gasteiger charge is -2.27. The predicted molar refractivity (Wildman–Crippen MR) is 144 cm³/mol. The standard InChI is InChI=1S/C27H23ClN4O3S/c1-16(33)30-21-15-19(10-11-23(21)34-2)32-26(25(31-27(32)36)20-5-3-4-14-29-20)24-13-12-22(35-24)17-6-8-18(28)9-7-17/h3-15,25-26H,1-2H3,(H,30,33)(H,31,36)/t25-,26+/m0/s1. The van der Waals surface area contributed by atoms with Gasteiger partial charge in [0.15, 0.2) is 5.11 Å². The maximum Gasteiger partial charge on any atom is 0.221 e. The summed E-state index contributed by atoms with van der Waals surface area (Å²) >= 11 is 11.9. The van der Waals surface area contributed by atoms with Crippen LogP contribution in [0.2, 0.25) is 5.02 Å². The number of carbonyl (C=O) groups excluding carboxylic acids is 1. The Morgan fingerprint density at radius 1 is 1.14 bits per heavy atom. The van der Waals surface area contributed by atoms with E-state index >= 15 is 0 Å². The van der Waals surface area contributed by atoms with Crippen LogP contribution < -0.4 is 20.3 Å².